The van der Waals surface area contributed by atoms with E-state index in [1.807, 2.05) is 30.9 Å². The van der Waals surface area contributed by atoms with Gasteiger partial charge >= 0.3 is 0 Å². The van der Waals surface area contributed by atoms with Gasteiger partial charge in [-0.25, -0.2) is 0 Å². The lowest BCUT2D eigenvalue weighted by Gasteiger charge is -2.34. The molecule has 1 amide bonds. The van der Waals surface area contributed by atoms with Crippen molar-refractivity contribution in [2.75, 3.05) is 26.2 Å². The van der Waals surface area contributed by atoms with Gasteiger partial charge in [0.1, 0.15) is 0 Å². The summed E-state index contributed by atoms with van der Waals surface area (Å²) < 4.78 is 5.61. The predicted octanol–water partition coefficient (Wildman–Crippen LogP) is 3.46. The summed E-state index contributed by atoms with van der Waals surface area (Å²) >= 11 is 12.0. The van der Waals surface area contributed by atoms with Crippen LogP contribution in [0.2, 0.25) is 10.0 Å². The first-order chi connectivity index (χ1) is 10.8. The number of benzene rings is 1. The van der Waals surface area contributed by atoms with Crippen LogP contribution < -0.4 is 5.32 Å². The van der Waals surface area contributed by atoms with Crippen LogP contribution >= 0.6 is 23.2 Å². The van der Waals surface area contributed by atoms with Gasteiger partial charge in [0.15, 0.2) is 0 Å². The maximum absolute atomic E-state index is 12.4. The Labute approximate surface area is 148 Å². The molecule has 1 N–H and O–H groups in total. The van der Waals surface area contributed by atoms with Gasteiger partial charge in [-0.1, -0.05) is 36.2 Å². The molecule has 1 unspecified atom stereocenters. The fourth-order valence-corrected chi connectivity index (χ4v) is 2.89. The Morgan fingerprint density at radius 3 is 2.78 bits per heavy atom. The molecule has 0 spiro atoms. The van der Waals surface area contributed by atoms with Gasteiger partial charge in [-0.05, 0) is 38.0 Å². The first-order valence-corrected chi connectivity index (χ1v) is 8.69. The molecule has 1 heterocycles. The Morgan fingerprint density at radius 2 is 2.13 bits per heavy atom. The van der Waals surface area contributed by atoms with Crippen molar-refractivity contribution in [2.45, 2.75) is 38.8 Å². The van der Waals surface area contributed by atoms with Crippen LogP contribution in [0.25, 0.3) is 0 Å². The fourth-order valence-electron chi connectivity index (χ4n) is 2.59. The van der Waals surface area contributed by atoms with Crippen molar-refractivity contribution in [3.05, 3.63) is 33.8 Å². The number of nitrogens with one attached hydrogen (secondary N) is 1. The topological polar surface area (TPSA) is 41.6 Å². The van der Waals surface area contributed by atoms with Gasteiger partial charge in [0.2, 0.25) is 5.91 Å². The second-order valence-corrected chi connectivity index (χ2v) is 7.16. The van der Waals surface area contributed by atoms with Crippen LogP contribution in [0.3, 0.4) is 0 Å². The predicted molar refractivity (Wildman–Crippen MR) is 94.1 cm³/mol. The highest BCUT2D eigenvalue weighted by molar-refractivity contribution is 6.42. The Balaban J connectivity index is 1.95. The van der Waals surface area contributed by atoms with Crippen LogP contribution in [0.15, 0.2) is 18.2 Å². The van der Waals surface area contributed by atoms with E-state index >= 15 is 0 Å². The number of amides is 1. The summed E-state index contributed by atoms with van der Waals surface area (Å²) in [7, 11) is 0. The highest BCUT2D eigenvalue weighted by Gasteiger charge is 2.26. The SMILES string of the molecule is CCC1CN(C(=O)CNC(C)(C)c2ccc(Cl)c(Cl)c2)CCO1. The number of rotatable bonds is 5. The van der Waals surface area contributed by atoms with Crippen LogP contribution in [0.5, 0.6) is 0 Å². The minimum Gasteiger partial charge on any atom is -0.375 e. The quantitative estimate of drug-likeness (QED) is 0.876. The van der Waals surface area contributed by atoms with Crippen molar-refractivity contribution >= 4 is 29.1 Å². The summed E-state index contributed by atoms with van der Waals surface area (Å²) in [5.74, 6) is 0.0971. The molecule has 23 heavy (non-hydrogen) atoms. The summed E-state index contributed by atoms with van der Waals surface area (Å²) in [5, 5.41) is 4.36. The van der Waals surface area contributed by atoms with Crippen LogP contribution in [0, 0.1) is 0 Å². The van der Waals surface area contributed by atoms with E-state index in [1.165, 1.54) is 0 Å². The average Bonchev–Trinajstić information content (AvgIpc) is 2.55. The zero-order chi connectivity index (χ0) is 17.0. The number of ether oxygens (including phenoxy) is 1. The number of hydrogen-bond donors (Lipinski definition) is 1. The molecule has 1 aliphatic rings. The van der Waals surface area contributed by atoms with E-state index < -0.39 is 0 Å². The molecular formula is C17H24Cl2N2O2. The number of carbonyl (C=O) groups is 1. The summed E-state index contributed by atoms with van der Waals surface area (Å²) in [5.41, 5.74) is 0.619. The van der Waals surface area contributed by atoms with Crippen molar-refractivity contribution in [2.24, 2.45) is 0 Å². The molecule has 1 atom stereocenters. The molecule has 0 bridgehead atoms. The first-order valence-electron chi connectivity index (χ1n) is 7.93. The van der Waals surface area contributed by atoms with Gasteiger partial charge < -0.3 is 9.64 Å². The highest BCUT2D eigenvalue weighted by atomic mass is 35.5. The van der Waals surface area contributed by atoms with Crippen molar-refractivity contribution in [3.8, 4) is 0 Å². The molecule has 1 aliphatic heterocycles. The van der Waals surface area contributed by atoms with E-state index in [1.54, 1.807) is 6.07 Å². The molecule has 1 aromatic carbocycles. The number of morpholine rings is 1. The molecule has 0 radical (unpaired) electrons. The van der Waals surface area contributed by atoms with E-state index in [4.69, 9.17) is 27.9 Å². The second-order valence-electron chi connectivity index (χ2n) is 6.35. The lowest BCUT2D eigenvalue weighted by Crippen LogP contribution is -2.50. The van der Waals surface area contributed by atoms with Crippen LogP contribution in [0.4, 0.5) is 0 Å². The van der Waals surface area contributed by atoms with Gasteiger partial charge in [0, 0.05) is 18.6 Å². The third-order valence-electron chi connectivity index (χ3n) is 4.27. The number of halogens is 2. The molecule has 0 saturated carbocycles. The van der Waals surface area contributed by atoms with E-state index in [-0.39, 0.29) is 24.1 Å². The molecule has 2 rings (SSSR count). The molecule has 1 aromatic rings. The van der Waals surface area contributed by atoms with Gasteiger partial charge in [0.05, 0.1) is 29.3 Å². The summed E-state index contributed by atoms with van der Waals surface area (Å²) in [4.78, 5) is 14.3. The Bertz CT molecular complexity index is 564. The monoisotopic (exact) mass is 358 g/mol. The number of nitrogens with zero attached hydrogens (tertiary/aromatic N) is 1. The minimum absolute atomic E-state index is 0.0971. The number of hydrogen-bond acceptors (Lipinski definition) is 3. The molecule has 1 saturated heterocycles. The van der Waals surface area contributed by atoms with Gasteiger partial charge in [-0.3, -0.25) is 10.1 Å². The lowest BCUT2D eigenvalue weighted by molar-refractivity contribution is -0.138. The summed E-state index contributed by atoms with van der Waals surface area (Å²) in [6.45, 7) is 8.34. The normalized spacial score (nSPS) is 19.0. The molecule has 128 valence electrons. The Hall–Kier alpha value is -0.810. The molecule has 4 nitrogen and oxygen atoms in total. The molecular weight excluding hydrogens is 335 g/mol. The second kappa shape index (κ2) is 7.84. The van der Waals surface area contributed by atoms with Crippen molar-refractivity contribution < 1.29 is 9.53 Å². The maximum atomic E-state index is 12.4. The van der Waals surface area contributed by atoms with E-state index in [0.29, 0.717) is 29.7 Å². The Morgan fingerprint density at radius 1 is 1.39 bits per heavy atom. The van der Waals surface area contributed by atoms with Gasteiger partial charge in [-0.2, -0.15) is 0 Å². The highest BCUT2D eigenvalue weighted by Crippen LogP contribution is 2.28. The number of carbonyl (C=O) groups excluding carboxylic acids is 1. The van der Waals surface area contributed by atoms with Crippen LogP contribution in [0.1, 0.15) is 32.8 Å². The average molecular weight is 359 g/mol. The third kappa shape index (κ3) is 4.83. The molecule has 6 heteroatoms. The third-order valence-corrected chi connectivity index (χ3v) is 5.01. The van der Waals surface area contributed by atoms with Crippen molar-refractivity contribution in [1.82, 2.24) is 10.2 Å². The maximum Gasteiger partial charge on any atom is 0.236 e. The van der Waals surface area contributed by atoms with Crippen LogP contribution in [-0.2, 0) is 15.1 Å². The standard InChI is InChI=1S/C17H24Cl2N2O2/c1-4-13-11-21(7-8-23-13)16(22)10-20-17(2,3)12-5-6-14(18)15(19)9-12/h5-6,9,13,20H,4,7-8,10-11H2,1-3H3. The minimum atomic E-state index is -0.375. The Kier molecular flexibility index (Phi) is 6.32. The molecule has 0 aliphatic carbocycles. The van der Waals surface area contributed by atoms with Crippen molar-refractivity contribution in [1.29, 1.82) is 0 Å². The smallest absolute Gasteiger partial charge is 0.236 e. The first kappa shape index (κ1) is 18.5. The van der Waals surface area contributed by atoms with Gasteiger partial charge in [0.25, 0.3) is 0 Å². The molecule has 1 fully saturated rings. The molecule has 0 aromatic heterocycles. The van der Waals surface area contributed by atoms with Gasteiger partial charge in [-0.15, -0.1) is 0 Å². The van der Waals surface area contributed by atoms with E-state index in [9.17, 15) is 4.79 Å². The fraction of sp³-hybridized carbons (Fsp3) is 0.588. The van der Waals surface area contributed by atoms with E-state index in [0.717, 1.165) is 12.0 Å². The lowest BCUT2D eigenvalue weighted by atomic mass is 9.94. The summed E-state index contributed by atoms with van der Waals surface area (Å²) in [6, 6.07) is 5.54. The van der Waals surface area contributed by atoms with Crippen LogP contribution in [-0.4, -0.2) is 43.2 Å². The van der Waals surface area contributed by atoms with E-state index in [2.05, 4.69) is 12.2 Å². The van der Waals surface area contributed by atoms with Crippen molar-refractivity contribution in [3.63, 3.8) is 0 Å². The zero-order valence-electron chi connectivity index (χ0n) is 13.9. The zero-order valence-corrected chi connectivity index (χ0v) is 15.4. The largest absolute Gasteiger partial charge is 0.375 e. The summed E-state index contributed by atoms with van der Waals surface area (Å²) in [6.07, 6.45) is 1.07.